The van der Waals surface area contributed by atoms with Gasteiger partial charge in [0, 0.05) is 27.1 Å². The molecule has 5 nitrogen and oxygen atoms in total. The van der Waals surface area contributed by atoms with Gasteiger partial charge in [-0.3, -0.25) is 4.79 Å². The normalized spacial score (nSPS) is 11.5. The van der Waals surface area contributed by atoms with Gasteiger partial charge in [-0.15, -0.1) is 11.3 Å². The molecule has 1 atom stereocenters. The van der Waals surface area contributed by atoms with E-state index in [0.29, 0.717) is 20.7 Å². The van der Waals surface area contributed by atoms with E-state index in [1.54, 1.807) is 19.1 Å². The maximum atomic E-state index is 13.1. The fourth-order valence-corrected chi connectivity index (χ4v) is 5.60. The van der Waals surface area contributed by atoms with Gasteiger partial charge in [0.15, 0.2) is 5.13 Å². The minimum Gasteiger partial charge on any atom is -0.301 e. The van der Waals surface area contributed by atoms with Gasteiger partial charge < -0.3 is 5.32 Å². The summed E-state index contributed by atoms with van der Waals surface area (Å²) in [4.78, 5) is 22.5. The van der Waals surface area contributed by atoms with E-state index < -0.39 is 5.25 Å². The first-order valence-electron chi connectivity index (χ1n) is 11.8. The maximum Gasteiger partial charge on any atom is 0.239 e. The number of amides is 1. The minimum absolute atomic E-state index is 0.218. The van der Waals surface area contributed by atoms with Crippen LogP contribution in [0.25, 0.3) is 33.6 Å². The van der Waals surface area contributed by atoms with Crippen LogP contribution in [0, 0.1) is 11.3 Å². The van der Waals surface area contributed by atoms with Gasteiger partial charge in [-0.25, -0.2) is 9.97 Å². The van der Waals surface area contributed by atoms with Crippen LogP contribution < -0.4 is 5.32 Å². The van der Waals surface area contributed by atoms with Gasteiger partial charge in [0.1, 0.15) is 11.1 Å². The molecule has 3 aromatic carbocycles. The van der Waals surface area contributed by atoms with Crippen molar-refractivity contribution in [3.63, 3.8) is 0 Å². The Balaban J connectivity index is 1.42. The van der Waals surface area contributed by atoms with Crippen LogP contribution in [0.4, 0.5) is 5.13 Å². The van der Waals surface area contributed by atoms with Gasteiger partial charge >= 0.3 is 0 Å². The van der Waals surface area contributed by atoms with E-state index in [-0.39, 0.29) is 5.91 Å². The highest BCUT2D eigenvalue weighted by atomic mass is 35.5. The van der Waals surface area contributed by atoms with Gasteiger partial charge in [0.25, 0.3) is 0 Å². The second kappa shape index (κ2) is 11.6. The number of thiazole rings is 1. The molecule has 0 bridgehead atoms. The summed E-state index contributed by atoms with van der Waals surface area (Å²) in [6, 6.07) is 31.2. The largest absolute Gasteiger partial charge is 0.301 e. The van der Waals surface area contributed by atoms with Crippen LogP contribution in [0.5, 0.6) is 0 Å². The van der Waals surface area contributed by atoms with Crippen molar-refractivity contribution in [1.82, 2.24) is 9.97 Å². The lowest BCUT2D eigenvalue weighted by atomic mass is 9.99. The molecule has 0 aliphatic carbocycles. The van der Waals surface area contributed by atoms with Gasteiger partial charge in [-0.05, 0) is 30.7 Å². The Hall–Kier alpha value is -3.96. The summed E-state index contributed by atoms with van der Waals surface area (Å²) in [5.74, 6) is -0.218. The van der Waals surface area contributed by atoms with E-state index in [1.807, 2.05) is 84.2 Å². The molecule has 1 N–H and O–H groups in total. The van der Waals surface area contributed by atoms with Crippen LogP contribution in [0.1, 0.15) is 12.5 Å². The molecule has 38 heavy (non-hydrogen) atoms. The standard InChI is InChI=1S/C30H21ClN4OS2/c1-19(28(36)35-30-34-27(18-37-30)22-12-14-23(31)15-13-22)38-29-25(17-32)24(20-8-4-2-5-9-20)16-26(33-29)21-10-6-3-7-11-21/h2-16,18-19H,1H3,(H,34,35,36). The lowest BCUT2D eigenvalue weighted by molar-refractivity contribution is -0.115. The number of anilines is 1. The van der Waals surface area contributed by atoms with Crippen molar-refractivity contribution < 1.29 is 4.79 Å². The molecule has 5 rings (SSSR count). The van der Waals surface area contributed by atoms with Crippen molar-refractivity contribution in [3.05, 3.63) is 107 Å². The Kier molecular flexibility index (Phi) is 7.85. The molecule has 0 radical (unpaired) electrons. The molecule has 186 valence electrons. The molecule has 1 unspecified atom stereocenters. The third-order valence-electron chi connectivity index (χ3n) is 5.78. The number of aromatic nitrogens is 2. The molecule has 8 heteroatoms. The predicted octanol–water partition coefficient (Wildman–Crippen LogP) is 8.18. The number of hydrogen-bond acceptors (Lipinski definition) is 6. The fourth-order valence-electron chi connectivity index (χ4n) is 3.83. The SMILES string of the molecule is CC(Sc1nc(-c2ccccc2)cc(-c2ccccc2)c1C#N)C(=O)Nc1nc(-c2ccc(Cl)cc2)cs1. The summed E-state index contributed by atoms with van der Waals surface area (Å²) in [5, 5.41) is 16.1. The van der Waals surface area contributed by atoms with Crippen molar-refractivity contribution >= 4 is 45.7 Å². The molecule has 1 amide bonds. The fraction of sp³-hybridized carbons (Fsp3) is 0.0667. The highest BCUT2D eigenvalue weighted by molar-refractivity contribution is 8.00. The van der Waals surface area contributed by atoms with Crippen molar-refractivity contribution in [2.24, 2.45) is 0 Å². The Labute approximate surface area is 234 Å². The first kappa shape index (κ1) is 25.7. The first-order chi connectivity index (χ1) is 18.5. The van der Waals surface area contributed by atoms with Crippen LogP contribution in [0.2, 0.25) is 5.02 Å². The number of nitrogens with zero attached hydrogens (tertiary/aromatic N) is 3. The molecule has 0 saturated carbocycles. The molecule has 0 saturated heterocycles. The monoisotopic (exact) mass is 552 g/mol. The number of carbonyl (C=O) groups excluding carboxylic acids is 1. The second-order valence-corrected chi connectivity index (χ2v) is 11.0. The highest BCUT2D eigenvalue weighted by Crippen LogP contribution is 2.36. The summed E-state index contributed by atoms with van der Waals surface area (Å²) in [6.07, 6.45) is 0. The molecular weight excluding hydrogens is 532 g/mol. The van der Waals surface area contributed by atoms with Crippen LogP contribution in [-0.2, 0) is 4.79 Å². The van der Waals surface area contributed by atoms with Crippen LogP contribution >= 0.6 is 34.7 Å². The van der Waals surface area contributed by atoms with Crippen molar-refractivity contribution in [2.45, 2.75) is 17.2 Å². The third-order valence-corrected chi connectivity index (χ3v) is 7.88. The van der Waals surface area contributed by atoms with Crippen molar-refractivity contribution in [3.8, 4) is 39.7 Å². The smallest absolute Gasteiger partial charge is 0.239 e. The highest BCUT2D eigenvalue weighted by Gasteiger charge is 2.22. The van der Waals surface area contributed by atoms with Gasteiger partial charge in [-0.1, -0.05) is 96.2 Å². The summed E-state index contributed by atoms with van der Waals surface area (Å²) in [7, 11) is 0. The average molecular weight is 553 g/mol. The zero-order valence-electron chi connectivity index (χ0n) is 20.3. The number of hydrogen-bond donors (Lipinski definition) is 1. The molecule has 0 aliphatic rings. The Bertz CT molecular complexity index is 1610. The molecule has 2 heterocycles. The third kappa shape index (κ3) is 5.79. The maximum absolute atomic E-state index is 13.1. The van der Waals surface area contributed by atoms with Gasteiger partial charge in [-0.2, -0.15) is 5.26 Å². The quantitative estimate of drug-likeness (QED) is 0.206. The zero-order chi connectivity index (χ0) is 26.5. The number of rotatable bonds is 7. The number of pyridine rings is 1. The lowest BCUT2D eigenvalue weighted by Gasteiger charge is -2.15. The molecule has 5 aromatic rings. The predicted molar refractivity (Wildman–Crippen MR) is 156 cm³/mol. The summed E-state index contributed by atoms with van der Waals surface area (Å²) in [6.45, 7) is 1.80. The number of benzene rings is 3. The van der Waals surface area contributed by atoms with E-state index in [0.717, 1.165) is 33.6 Å². The average Bonchev–Trinajstić information content (AvgIpc) is 3.42. The minimum atomic E-state index is -0.521. The molecule has 2 aromatic heterocycles. The molecule has 0 aliphatic heterocycles. The van der Waals surface area contributed by atoms with Gasteiger partial charge in [0.2, 0.25) is 5.91 Å². The Morgan fingerprint density at radius 2 is 1.55 bits per heavy atom. The lowest BCUT2D eigenvalue weighted by Crippen LogP contribution is -2.22. The Morgan fingerprint density at radius 1 is 0.921 bits per heavy atom. The number of nitriles is 1. The van der Waals surface area contributed by atoms with E-state index in [1.165, 1.54) is 23.1 Å². The molecule has 0 fully saturated rings. The first-order valence-corrected chi connectivity index (χ1v) is 13.9. The van der Waals surface area contributed by atoms with Crippen LogP contribution in [0.3, 0.4) is 0 Å². The number of thioether (sulfide) groups is 1. The van der Waals surface area contributed by atoms with Crippen molar-refractivity contribution in [1.29, 1.82) is 5.26 Å². The van der Waals surface area contributed by atoms with Crippen LogP contribution in [-0.4, -0.2) is 21.1 Å². The van der Waals surface area contributed by atoms with E-state index in [4.69, 9.17) is 16.6 Å². The topological polar surface area (TPSA) is 78.7 Å². The number of carbonyl (C=O) groups is 1. The van der Waals surface area contributed by atoms with E-state index in [2.05, 4.69) is 16.4 Å². The van der Waals surface area contributed by atoms with E-state index in [9.17, 15) is 10.1 Å². The zero-order valence-corrected chi connectivity index (χ0v) is 22.6. The van der Waals surface area contributed by atoms with Crippen LogP contribution in [0.15, 0.2) is 101 Å². The van der Waals surface area contributed by atoms with Crippen molar-refractivity contribution in [2.75, 3.05) is 5.32 Å². The second-order valence-electron chi connectivity index (χ2n) is 8.37. The summed E-state index contributed by atoms with van der Waals surface area (Å²) in [5.41, 5.74) is 5.50. The Morgan fingerprint density at radius 3 is 2.21 bits per heavy atom. The number of nitrogens with one attached hydrogen (secondary N) is 1. The summed E-state index contributed by atoms with van der Waals surface area (Å²) >= 11 is 8.60. The molecular formula is C30H21ClN4OS2. The number of halogens is 1. The van der Waals surface area contributed by atoms with Gasteiger partial charge in [0.05, 0.1) is 22.2 Å². The van der Waals surface area contributed by atoms with E-state index >= 15 is 0 Å². The molecule has 0 spiro atoms. The summed E-state index contributed by atoms with van der Waals surface area (Å²) < 4.78 is 0.